The lowest BCUT2D eigenvalue weighted by Gasteiger charge is -2.37. The number of anilines is 1. The second-order valence-electron chi connectivity index (χ2n) is 7.27. The smallest absolute Gasteiger partial charge is 0.329 e. The van der Waals surface area contributed by atoms with Gasteiger partial charge in [-0.2, -0.15) is 0 Å². The molecule has 8 nitrogen and oxygen atoms in total. The summed E-state index contributed by atoms with van der Waals surface area (Å²) in [7, 11) is 0. The first kappa shape index (κ1) is 22.4. The highest BCUT2D eigenvalue weighted by molar-refractivity contribution is 6.31. The van der Waals surface area contributed by atoms with Crippen molar-refractivity contribution in [2.24, 2.45) is 5.92 Å². The number of urea groups is 1. The molecule has 166 valence electrons. The van der Waals surface area contributed by atoms with Crippen LogP contribution in [0.5, 0.6) is 0 Å². The molecular formula is C23H15Cl2N3O5. The molecule has 0 aromatic heterocycles. The van der Waals surface area contributed by atoms with Gasteiger partial charge in [-0.25, -0.2) is 9.69 Å². The number of nitrogens with one attached hydrogen (secondary N) is 1. The molecule has 10 heteroatoms. The van der Waals surface area contributed by atoms with E-state index in [1.807, 2.05) is 0 Å². The summed E-state index contributed by atoms with van der Waals surface area (Å²) in [6.07, 6.45) is 0. The number of carbonyl (C=O) groups is 3. The van der Waals surface area contributed by atoms with Gasteiger partial charge >= 0.3 is 6.03 Å². The fourth-order valence-corrected chi connectivity index (χ4v) is 3.89. The number of ketones is 1. The lowest BCUT2D eigenvalue weighted by Crippen LogP contribution is -2.58. The molecule has 2 atom stereocenters. The van der Waals surface area contributed by atoms with Gasteiger partial charge in [0.15, 0.2) is 5.78 Å². The molecule has 3 aromatic rings. The number of nitro benzene ring substituents is 1. The van der Waals surface area contributed by atoms with Gasteiger partial charge in [0.1, 0.15) is 5.92 Å². The minimum absolute atomic E-state index is 0.157. The summed E-state index contributed by atoms with van der Waals surface area (Å²) >= 11 is 11.8. The van der Waals surface area contributed by atoms with Crippen molar-refractivity contribution in [2.75, 3.05) is 4.90 Å². The van der Waals surface area contributed by atoms with Crippen LogP contribution in [0.25, 0.3) is 0 Å². The van der Waals surface area contributed by atoms with Gasteiger partial charge in [0.05, 0.1) is 16.7 Å². The Hall–Kier alpha value is -3.75. The highest BCUT2D eigenvalue weighted by Gasteiger charge is 2.46. The third-order valence-electron chi connectivity index (χ3n) is 5.26. The number of rotatable bonds is 5. The normalized spacial score (nSPS) is 18.1. The first-order valence-electron chi connectivity index (χ1n) is 9.70. The average molecular weight is 484 g/mol. The van der Waals surface area contributed by atoms with Crippen LogP contribution in [0, 0.1) is 16.0 Å². The fraction of sp³-hybridized carbons (Fsp3) is 0.0870. The Morgan fingerprint density at radius 3 is 1.97 bits per heavy atom. The van der Waals surface area contributed by atoms with Crippen molar-refractivity contribution in [3.63, 3.8) is 0 Å². The molecule has 0 spiro atoms. The number of nitrogens with zero attached hydrogens (tertiary/aromatic N) is 2. The van der Waals surface area contributed by atoms with Crippen molar-refractivity contribution in [1.82, 2.24) is 5.32 Å². The van der Waals surface area contributed by atoms with Gasteiger partial charge < -0.3 is 5.32 Å². The molecule has 2 unspecified atom stereocenters. The molecule has 1 fully saturated rings. The summed E-state index contributed by atoms with van der Waals surface area (Å²) in [5.74, 6) is -2.58. The van der Waals surface area contributed by atoms with Crippen molar-refractivity contribution in [2.45, 2.75) is 6.04 Å². The molecule has 0 aliphatic carbocycles. The Balaban J connectivity index is 1.78. The van der Waals surface area contributed by atoms with E-state index in [1.54, 1.807) is 0 Å². The summed E-state index contributed by atoms with van der Waals surface area (Å²) in [5.41, 5.74) is 0.704. The summed E-state index contributed by atoms with van der Waals surface area (Å²) in [6.45, 7) is 0. The molecular weight excluding hydrogens is 469 g/mol. The maximum Gasteiger partial charge on any atom is 0.329 e. The quantitative estimate of drug-likeness (QED) is 0.232. The summed E-state index contributed by atoms with van der Waals surface area (Å²) in [4.78, 5) is 51.2. The highest BCUT2D eigenvalue weighted by atomic mass is 35.5. The van der Waals surface area contributed by atoms with Crippen molar-refractivity contribution in [3.05, 3.63) is 104 Å². The first-order chi connectivity index (χ1) is 15.8. The monoisotopic (exact) mass is 483 g/mol. The molecule has 1 N–H and O–H groups in total. The van der Waals surface area contributed by atoms with Gasteiger partial charge in [0.25, 0.3) is 5.69 Å². The minimum Gasteiger partial charge on any atom is -0.329 e. The predicted molar refractivity (Wildman–Crippen MR) is 123 cm³/mol. The molecule has 0 bridgehead atoms. The van der Waals surface area contributed by atoms with Gasteiger partial charge in [0.2, 0.25) is 5.91 Å². The van der Waals surface area contributed by atoms with Gasteiger partial charge in [-0.3, -0.25) is 19.7 Å². The number of non-ortho nitro benzene ring substituents is 1. The third kappa shape index (κ3) is 4.44. The van der Waals surface area contributed by atoms with E-state index < -0.39 is 34.6 Å². The van der Waals surface area contributed by atoms with Crippen LogP contribution in [-0.2, 0) is 4.79 Å². The molecule has 0 radical (unpaired) electrons. The number of halogens is 2. The molecule has 4 rings (SSSR count). The van der Waals surface area contributed by atoms with Gasteiger partial charge in [-0.05, 0) is 54.1 Å². The van der Waals surface area contributed by atoms with Crippen LogP contribution >= 0.6 is 23.2 Å². The minimum atomic E-state index is -1.32. The van der Waals surface area contributed by atoms with E-state index in [4.69, 9.17) is 23.2 Å². The number of hydrogen-bond acceptors (Lipinski definition) is 5. The Morgan fingerprint density at radius 1 is 0.879 bits per heavy atom. The molecule has 1 aliphatic heterocycles. The van der Waals surface area contributed by atoms with E-state index in [0.717, 1.165) is 4.90 Å². The van der Waals surface area contributed by atoms with Crippen molar-refractivity contribution in [3.8, 4) is 0 Å². The van der Waals surface area contributed by atoms with Crippen LogP contribution in [0.2, 0.25) is 10.0 Å². The average Bonchev–Trinajstić information content (AvgIpc) is 2.80. The standard InChI is InChI=1S/C23H15Cl2N3O5/c24-15-5-1-14(2-6-15)21(29)19-20(13-3-9-18(10-4-13)28(32)33)26-23(31)27(22(19)30)17-11-7-16(25)8-12-17/h1-12,19-20H,(H,26,31). The molecule has 3 aromatic carbocycles. The maximum absolute atomic E-state index is 13.5. The molecule has 3 amide bonds. The molecule has 1 aliphatic rings. The molecule has 1 saturated heterocycles. The van der Waals surface area contributed by atoms with Gasteiger partial charge in [-0.15, -0.1) is 0 Å². The molecule has 1 heterocycles. The van der Waals surface area contributed by atoms with E-state index in [0.29, 0.717) is 15.6 Å². The first-order valence-corrected chi connectivity index (χ1v) is 10.5. The van der Waals surface area contributed by atoms with Crippen LogP contribution in [0.15, 0.2) is 72.8 Å². The van der Waals surface area contributed by atoms with E-state index in [2.05, 4.69) is 5.32 Å². The largest absolute Gasteiger partial charge is 0.329 e. The molecule has 33 heavy (non-hydrogen) atoms. The SMILES string of the molecule is O=C(c1ccc(Cl)cc1)C1C(=O)N(c2ccc(Cl)cc2)C(=O)NC1c1ccc([N+](=O)[O-])cc1. The zero-order chi connectivity index (χ0) is 23.7. The Morgan fingerprint density at radius 2 is 1.42 bits per heavy atom. The van der Waals surface area contributed by atoms with E-state index in [-0.39, 0.29) is 16.9 Å². The number of carbonyl (C=O) groups excluding carboxylic acids is 3. The van der Waals surface area contributed by atoms with Gasteiger partial charge in [0, 0.05) is 27.7 Å². The van der Waals surface area contributed by atoms with Crippen molar-refractivity contribution < 1.29 is 19.3 Å². The predicted octanol–water partition coefficient (Wildman–Crippen LogP) is 5.20. The number of nitro groups is 1. The number of hydrogen-bond donors (Lipinski definition) is 1. The Kier molecular flexibility index (Phi) is 6.13. The second-order valence-corrected chi connectivity index (χ2v) is 8.15. The second kappa shape index (κ2) is 9.01. The van der Waals surface area contributed by atoms with E-state index >= 15 is 0 Å². The Bertz CT molecular complexity index is 1240. The van der Waals surface area contributed by atoms with Crippen LogP contribution in [0.1, 0.15) is 22.0 Å². The van der Waals surface area contributed by atoms with Crippen LogP contribution in [0.3, 0.4) is 0 Å². The lowest BCUT2D eigenvalue weighted by molar-refractivity contribution is -0.384. The third-order valence-corrected chi connectivity index (χ3v) is 5.76. The summed E-state index contributed by atoms with van der Waals surface area (Å²) in [6, 6.07) is 15.6. The fourth-order valence-electron chi connectivity index (χ4n) is 3.63. The van der Waals surface area contributed by atoms with E-state index in [1.165, 1.54) is 72.8 Å². The molecule has 0 saturated carbocycles. The number of amides is 3. The number of Topliss-reactive ketones (excluding diaryl/α,β-unsaturated/α-hetero) is 1. The van der Waals surface area contributed by atoms with E-state index in [9.17, 15) is 24.5 Å². The maximum atomic E-state index is 13.5. The zero-order valence-corrected chi connectivity index (χ0v) is 18.3. The van der Waals surface area contributed by atoms with Crippen LogP contribution in [0.4, 0.5) is 16.2 Å². The topological polar surface area (TPSA) is 110 Å². The van der Waals surface area contributed by atoms with Gasteiger partial charge in [-0.1, -0.05) is 35.3 Å². The highest BCUT2D eigenvalue weighted by Crippen LogP contribution is 2.34. The lowest BCUT2D eigenvalue weighted by atomic mass is 9.84. The number of benzene rings is 3. The zero-order valence-electron chi connectivity index (χ0n) is 16.8. The van der Waals surface area contributed by atoms with Crippen molar-refractivity contribution >= 4 is 52.3 Å². The van der Waals surface area contributed by atoms with Crippen LogP contribution in [-0.4, -0.2) is 22.6 Å². The summed E-state index contributed by atoms with van der Waals surface area (Å²) < 4.78 is 0. The van der Waals surface area contributed by atoms with Crippen molar-refractivity contribution in [1.29, 1.82) is 0 Å². The summed E-state index contributed by atoms with van der Waals surface area (Å²) in [5, 5.41) is 14.5. The Labute approximate surface area is 197 Å². The number of imide groups is 1. The van der Waals surface area contributed by atoms with Crippen LogP contribution < -0.4 is 10.2 Å².